The van der Waals surface area contributed by atoms with E-state index in [4.69, 9.17) is 0 Å². The predicted molar refractivity (Wildman–Crippen MR) is 84.0 cm³/mol. The number of hydrogen-bond acceptors (Lipinski definition) is 0. The Kier molecular flexibility index (Phi) is 23.3. The van der Waals surface area contributed by atoms with Gasteiger partial charge in [0.1, 0.15) is 0 Å². The van der Waals surface area contributed by atoms with Crippen molar-refractivity contribution < 1.29 is 17.1 Å². The first-order valence-corrected chi connectivity index (χ1v) is 6.72. The Morgan fingerprint density at radius 1 is 0.778 bits per heavy atom. The van der Waals surface area contributed by atoms with Crippen molar-refractivity contribution in [3.8, 4) is 0 Å². The summed E-state index contributed by atoms with van der Waals surface area (Å²) in [6.45, 7) is 7.11. The van der Waals surface area contributed by atoms with E-state index in [9.17, 15) is 0 Å². The van der Waals surface area contributed by atoms with Crippen LogP contribution in [-0.4, -0.2) is 0 Å². The van der Waals surface area contributed by atoms with Gasteiger partial charge in [-0.1, -0.05) is 73.1 Å². The Morgan fingerprint density at radius 2 is 1.17 bits per heavy atom. The van der Waals surface area contributed by atoms with Gasteiger partial charge in [0.25, 0.3) is 0 Å². The molecule has 0 N–H and O–H groups in total. The van der Waals surface area contributed by atoms with Crippen molar-refractivity contribution in [1.29, 1.82) is 0 Å². The molecule has 2 fully saturated rings. The fourth-order valence-electron chi connectivity index (χ4n) is 3.05. The van der Waals surface area contributed by atoms with Gasteiger partial charge in [0.15, 0.2) is 0 Å². The zero-order chi connectivity index (χ0) is 10.4. The molecule has 2 aliphatic rings. The van der Waals surface area contributed by atoms with E-state index in [1.165, 1.54) is 51.4 Å². The molecule has 0 bridgehead atoms. The summed E-state index contributed by atoms with van der Waals surface area (Å²) in [6.07, 6.45) is 11.9. The second kappa shape index (κ2) is 15.6. The first-order valence-electron chi connectivity index (χ1n) is 6.72. The van der Waals surface area contributed by atoms with Crippen molar-refractivity contribution in [3.63, 3.8) is 0 Å². The molecular formula is C17H38Fe. The van der Waals surface area contributed by atoms with Gasteiger partial charge in [-0.15, -0.1) is 0 Å². The van der Waals surface area contributed by atoms with Gasteiger partial charge in [0, 0.05) is 0 Å². The maximum atomic E-state index is 2.40. The van der Waals surface area contributed by atoms with Crippen LogP contribution in [0.15, 0.2) is 0 Å². The van der Waals surface area contributed by atoms with E-state index in [1.54, 1.807) is 0 Å². The summed E-state index contributed by atoms with van der Waals surface area (Å²) in [6, 6.07) is 0. The molecule has 0 aromatic rings. The van der Waals surface area contributed by atoms with Gasteiger partial charge in [-0.2, -0.15) is 0 Å². The van der Waals surface area contributed by atoms with Crippen molar-refractivity contribution in [2.45, 2.75) is 79.6 Å². The SMILES string of the molecule is C.C1CCCC1.CC(C)C1CCCC1C.[CH3-].[CH3-].[Fe+2]. The van der Waals surface area contributed by atoms with Gasteiger partial charge >= 0.3 is 17.1 Å². The third kappa shape index (κ3) is 10.4. The van der Waals surface area contributed by atoms with E-state index in [0.29, 0.717) is 0 Å². The Hall–Kier alpha value is 0.519. The van der Waals surface area contributed by atoms with E-state index >= 15 is 0 Å². The summed E-state index contributed by atoms with van der Waals surface area (Å²) in [7, 11) is 0. The first kappa shape index (κ1) is 27.0. The van der Waals surface area contributed by atoms with E-state index in [-0.39, 0.29) is 39.3 Å². The third-order valence-corrected chi connectivity index (χ3v) is 4.03. The molecule has 2 unspecified atom stereocenters. The Labute approximate surface area is 129 Å². The average Bonchev–Trinajstić information content (AvgIpc) is 2.74. The summed E-state index contributed by atoms with van der Waals surface area (Å²) < 4.78 is 0. The van der Waals surface area contributed by atoms with E-state index < -0.39 is 0 Å². The Bertz CT molecular complexity index is 131. The summed E-state index contributed by atoms with van der Waals surface area (Å²) in [5, 5.41) is 0. The zero-order valence-electron chi connectivity index (χ0n) is 12.7. The largest absolute Gasteiger partial charge is 2.00 e. The van der Waals surface area contributed by atoms with Crippen molar-refractivity contribution in [2.24, 2.45) is 17.8 Å². The van der Waals surface area contributed by atoms with Crippen molar-refractivity contribution in [2.75, 3.05) is 0 Å². The van der Waals surface area contributed by atoms with Crippen LogP contribution in [-0.2, 0) is 17.1 Å². The molecule has 2 aliphatic carbocycles. The number of rotatable bonds is 1. The summed E-state index contributed by atoms with van der Waals surface area (Å²) >= 11 is 0. The molecule has 0 amide bonds. The van der Waals surface area contributed by atoms with Crippen LogP contribution in [0.3, 0.4) is 0 Å². The van der Waals surface area contributed by atoms with Gasteiger partial charge in [-0.3, -0.25) is 0 Å². The molecule has 0 heterocycles. The standard InChI is InChI=1S/C9H18.C5H10.CH4.2CH3.Fe/c1-7(2)9-6-4-5-8(9)3;1-2-4-5-3-1;;;;/h7-9H,4-6H2,1-3H3;1-5H2;1H4;2*1H3;/q;;;2*-1;+2. The van der Waals surface area contributed by atoms with Crippen LogP contribution >= 0.6 is 0 Å². The van der Waals surface area contributed by atoms with E-state index in [2.05, 4.69) is 20.8 Å². The molecule has 0 aliphatic heterocycles. The molecule has 114 valence electrons. The minimum atomic E-state index is 0. The van der Waals surface area contributed by atoms with Crippen molar-refractivity contribution in [3.05, 3.63) is 14.9 Å². The minimum Gasteiger partial charge on any atom is -0.358 e. The van der Waals surface area contributed by atoms with E-state index in [1.807, 2.05) is 0 Å². The molecule has 2 saturated carbocycles. The molecule has 2 rings (SSSR count). The van der Waals surface area contributed by atoms with Crippen LogP contribution < -0.4 is 0 Å². The van der Waals surface area contributed by atoms with Gasteiger partial charge in [-0.05, 0) is 24.2 Å². The molecule has 0 aromatic heterocycles. The fraction of sp³-hybridized carbons (Fsp3) is 0.882. The predicted octanol–water partition coefficient (Wildman–Crippen LogP) is 6.56. The van der Waals surface area contributed by atoms with E-state index in [0.717, 1.165) is 17.8 Å². The Balaban J connectivity index is -0.0000000969. The van der Waals surface area contributed by atoms with Gasteiger partial charge in [0.05, 0.1) is 0 Å². The normalized spacial score (nSPS) is 24.7. The molecule has 0 aromatic carbocycles. The molecule has 1 heteroatoms. The van der Waals surface area contributed by atoms with Gasteiger partial charge in [0.2, 0.25) is 0 Å². The Morgan fingerprint density at radius 3 is 1.33 bits per heavy atom. The summed E-state index contributed by atoms with van der Waals surface area (Å²) in [5.74, 6) is 2.96. The van der Waals surface area contributed by atoms with Crippen LogP contribution in [0.1, 0.15) is 79.6 Å². The molecule has 0 saturated heterocycles. The first-order chi connectivity index (χ1) is 6.72. The van der Waals surface area contributed by atoms with Crippen LogP contribution in [0.25, 0.3) is 0 Å². The second-order valence-corrected chi connectivity index (χ2v) is 5.58. The maximum absolute atomic E-state index is 2.40. The summed E-state index contributed by atoms with van der Waals surface area (Å²) in [5.41, 5.74) is 0. The van der Waals surface area contributed by atoms with Gasteiger partial charge in [-0.25, -0.2) is 0 Å². The van der Waals surface area contributed by atoms with Crippen LogP contribution in [0.5, 0.6) is 0 Å². The third-order valence-electron chi connectivity index (χ3n) is 4.03. The topological polar surface area (TPSA) is 0 Å². The average molecular weight is 298 g/mol. The minimum absolute atomic E-state index is 0. The van der Waals surface area contributed by atoms with Gasteiger partial charge < -0.3 is 14.9 Å². The maximum Gasteiger partial charge on any atom is 2.00 e. The quantitative estimate of drug-likeness (QED) is 0.379. The second-order valence-electron chi connectivity index (χ2n) is 5.58. The molecular weight excluding hydrogens is 260 g/mol. The molecule has 2 atom stereocenters. The van der Waals surface area contributed by atoms with Crippen LogP contribution in [0.4, 0.5) is 0 Å². The monoisotopic (exact) mass is 298 g/mol. The molecule has 0 spiro atoms. The molecule has 0 radical (unpaired) electrons. The molecule has 18 heavy (non-hydrogen) atoms. The fourth-order valence-corrected chi connectivity index (χ4v) is 3.05. The number of hydrogen-bond donors (Lipinski definition) is 0. The summed E-state index contributed by atoms with van der Waals surface area (Å²) in [4.78, 5) is 0. The molecule has 0 nitrogen and oxygen atoms in total. The van der Waals surface area contributed by atoms with Crippen LogP contribution in [0.2, 0.25) is 0 Å². The van der Waals surface area contributed by atoms with Crippen molar-refractivity contribution >= 4 is 0 Å². The van der Waals surface area contributed by atoms with Crippen molar-refractivity contribution in [1.82, 2.24) is 0 Å². The zero-order valence-corrected chi connectivity index (χ0v) is 13.8. The van der Waals surface area contributed by atoms with Crippen LogP contribution in [0, 0.1) is 32.6 Å². The smallest absolute Gasteiger partial charge is 0.358 e.